The van der Waals surface area contributed by atoms with E-state index in [0.717, 1.165) is 21.5 Å². The molecule has 0 unspecified atom stereocenters. The molecule has 0 fully saturated rings. The van der Waals surface area contributed by atoms with Gasteiger partial charge in [-0.2, -0.15) is 0 Å². The van der Waals surface area contributed by atoms with Gasteiger partial charge in [0.1, 0.15) is 0 Å². The molecule has 2 amide bonds. The van der Waals surface area contributed by atoms with Crippen molar-refractivity contribution in [2.75, 3.05) is 6.73 Å². The number of carbonyl (C=O) groups is 3. The van der Waals surface area contributed by atoms with E-state index in [2.05, 4.69) is 4.98 Å². The number of nitrogens with zero attached hydrogens (tertiary/aromatic N) is 2. The Morgan fingerprint density at radius 3 is 2.30 bits per heavy atom. The third-order valence-electron chi connectivity index (χ3n) is 4.47. The van der Waals surface area contributed by atoms with Crippen LogP contribution in [0, 0.1) is 0 Å². The van der Waals surface area contributed by atoms with Crippen LogP contribution in [0.15, 0.2) is 60.7 Å². The first-order valence-electron chi connectivity index (χ1n) is 8.59. The highest BCUT2D eigenvalue weighted by Crippen LogP contribution is 2.22. The summed E-state index contributed by atoms with van der Waals surface area (Å²) in [6.45, 7) is -0.379. The van der Waals surface area contributed by atoms with Crippen molar-refractivity contribution in [2.24, 2.45) is 0 Å². The standard InChI is InChI=1S/C21H16N2O4/c24-19(12-11-15-10-9-14-5-1-4-8-18(14)22-15)27-13-23-20(25)16-6-2-3-7-17(16)21(23)26/h1-10H,11-13H2. The highest BCUT2D eigenvalue weighted by atomic mass is 16.5. The van der Waals surface area contributed by atoms with E-state index >= 15 is 0 Å². The number of ether oxygens (including phenoxy) is 1. The molecule has 0 saturated heterocycles. The van der Waals surface area contributed by atoms with E-state index in [0.29, 0.717) is 17.5 Å². The molecule has 1 aromatic heterocycles. The normalized spacial score (nSPS) is 13.1. The summed E-state index contributed by atoms with van der Waals surface area (Å²) in [5, 5.41) is 1.04. The van der Waals surface area contributed by atoms with Crippen molar-refractivity contribution in [2.45, 2.75) is 12.8 Å². The number of fused-ring (bicyclic) bond motifs is 2. The zero-order chi connectivity index (χ0) is 18.8. The molecule has 1 aliphatic rings. The minimum atomic E-state index is -0.485. The molecular weight excluding hydrogens is 344 g/mol. The van der Waals surface area contributed by atoms with Gasteiger partial charge in [0.15, 0.2) is 6.73 Å². The van der Waals surface area contributed by atoms with Crippen molar-refractivity contribution >= 4 is 28.7 Å². The molecule has 2 heterocycles. The van der Waals surface area contributed by atoms with Crippen molar-refractivity contribution in [3.63, 3.8) is 0 Å². The Balaban J connectivity index is 1.33. The van der Waals surface area contributed by atoms with E-state index in [9.17, 15) is 14.4 Å². The number of imide groups is 1. The summed E-state index contributed by atoms with van der Waals surface area (Å²) >= 11 is 0. The first kappa shape index (κ1) is 16.9. The minimum Gasteiger partial charge on any atom is -0.444 e. The van der Waals surface area contributed by atoms with Gasteiger partial charge in [-0.25, -0.2) is 4.90 Å². The van der Waals surface area contributed by atoms with Crippen molar-refractivity contribution < 1.29 is 19.1 Å². The summed E-state index contributed by atoms with van der Waals surface area (Å²) in [7, 11) is 0. The minimum absolute atomic E-state index is 0.120. The average Bonchev–Trinajstić information content (AvgIpc) is 2.95. The van der Waals surface area contributed by atoms with E-state index in [1.165, 1.54) is 0 Å². The molecule has 1 aliphatic heterocycles. The van der Waals surface area contributed by atoms with Gasteiger partial charge in [0.25, 0.3) is 11.8 Å². The number of hydrogen-bond acceptors (Lipinski definition) is 5. The Bertz CT molecular complexity index is 1030. The van der Waals surface area contributed by atoms with Gasteiger partial charge in [-0.3, -0.25) is 19.4 Å². The largest absolute Gasteiger partial charge is 0.444 e. The van der Waals surface area contributed by atoms with Crippen molar-refractivity contribution in [1.29, 1.82) is 0 Å². The molecule has 0 saturated carbocycles. The molecule has 0 radical (unpaired) electrons. The van der Waals surface area contributed by atoms with Crippen LogP contribution in [-0.2, 0) is 16.0 Å². The molecule has 0 atom stereocenters. The number of hydrogen-bond donors (Lipinski definition) is 0. The van der Waals surface area contributed by atoms with Crippen LogP contribution in [0.25, 0.3) is 10.9 Å². The van der Waals surface area contributed by atoms with Crippen LogP contribution in [-0.4, -0.2) is 34.4 Å². The first-order chi connectivity index (χ1) is 13.1. The SMILES string of the molecule is O=C(CCc1ccc2ccccc2n1)OCN1C(=O)c2ccccc2C1=O. The van der Waals surface area contributed by atoms with Crippen LogP contribution < -0.4 is 0 Å². The zero-order valence-electron chi connectivity index (χ0n) is 14.4. The highest BCUT2D eigenvalue weighted by Gasteiger charge is 2.35. The van der Waals surface area contributed by atoms with Gasteiger partial charge in [-0.15, -0.1) is 0 Å². The van der Waals surface area contributed by atoms with E-state index in [1.807, 2.05) is 36.4 Å². The molecule has 0 aliphatic carbocycles. The van der Waals surface area contributed by atoms with Crippen LogP contribution >= 0.6 is 0 Å². The first-order valence-corrected chi connectivity index (χ1v) is 8.59. The number of para-hydroxylation sites is 1. The lowest BCUT2D eigenvalue weighted by Gasteiger charge is -2.13. The number of benzene rings is 2. The lowest BCUT2D eigenvalue weighted by Crippen LogP contribution is -2.33. The van der Waals surface area contributed by atoms with Crippen LogP contribution in [0.2, 0.25) is 0 Å². The molecule has 0 spiro atoms. The van der Waals surface area contributed by atoms with Crippen LogP contribution in [0.3, 0.4) is 0 Å². The Hall–Kier alpha value is -3.54. The Labute approximate surface area is 155 Å². The molecular formula is C21H16N2O4. The van der Waals surface area contributed by atoms with Crippen molar-refractivity contribution in [3.05, 3.63) is 77.5 Å². The van der Waals surface area contributed by atoms with E-state index in [1.54, 1.807) is 24.3 Å². The number of esters is 1. The van der Waals surface area contributed by atoms with Crippen molar-refractivity contribution in [1.82, 2.24) is 9.88 Å². The van der Waals surface area contributed by atoms with Crippen LogP contribution in [0.1, 0.15) is 32.8 Å². The fourth-order valence-corrected chi connectivity index (χ4v) is 3.04. The van der Waals surface area contributed by atoms with Gasteiger partial charge in [-0.1, -0.05) is 36.4 Å². The van der Waals surface area contributed by atoms with Gasteiger partial charge in [0.2, 0.25) is 0 Å². The summed E-state index contributed by atoms with van der Waals surface area (Å²) in [5.74, 6) is -1.37. The zero-order valence-corrected chi connectivity index (χ0v) is 14.4. The third-order valence-corrected chi connectivity index (χ3v) is 4.47. The van der Waals surface area contributed by atoms with E-state index in [4.69, 9.17) is 4.74 Å². The molecule has 134 valence electrons. The lowest BCUT2D eigenvalue weighted by molar-refractivity contribution is -0.146. The number of aryl methyl sites for hydroxylation is 1. The molecule has 27 heavy (non-hydrogen) atoms. The van der Waals surface area contributed by atoms with Gasteiger partial charge in [0.05, 0.1) is 23.1 Å². The number of aromatic nitrogens is 1. The van der Waals surface area contributed by atoms with Gasteiger partial charge in [0, 0.05) is 17.5 Å². The van der Waals surface area contributed by atoms with Gasteiger partial charge >= 0.3 is 5.97 Å². The summed E-state index contributed by atoms with van der Waals surface area (Å²) in [5.41, 5.74) is 2.32. The average molecular weight is 360 g/mol. The maximum absolute atomic E-state index is 12.2. The Morgan fingerprint density at radius 1 is 0.889 bits per heavy atom. The summed E-state index contributed by atoms with van der Waals surface area (Å²) < 4.78 is 5.12. The van der Waals surface area contributed by atoms with Crippen molar-refractivity contribution in [3.8, 4) is 0 Å². The maximum Gasteiger partial charge on any atom is 0.307 e. The molecule has 6 nitrogen and oxygen atoms in total. The second kappa shape index (κ2) is 6.99. The third kappa shape index (κ3) is 3.29. The Morgan fingerprint density at radius 2 is 1.56 bits per heavy atom. The maximum atomic E-state index is 12.2. The summed E-state index contributed by atoms with van der Waals surface area (Å²) in [6, 6.07) is 18.1. The predicted molar refractivity (Wildman–Crippen MR) is 98.0 cm³/mol. The molecule has 4 rings (SSSR count). The number of carbonyl (C=O) groups excluding carboxylic acids is 3. The highest BCUT2D eigenvalue weighted by molar-refractivity contribution is 6.21. The quantitative estimate of drug-likeness (QED) is 0.516. The predicted octanol–water partition coefficient (Wildman–Crippen LogP) is 2.96. The summed E-state index contributed by atoms with van der Waals surface area (Å²) in [6.07, 6.45) is 0.542. The van der Waals surface area contributed by atoms with Crippen LogP contribution in [0.4, 0.5) is 0 Å². The fraction of sp³-hybridized carbons (Fsp3) is 0.143. The van der Waals surface area contributed by atoms with E-state index in [-0.39, 0.29) is 13.2 Å². The second-order valence-electron chi connectivity index (χ2n) is 6.22. The topological polar surface area (TPSA) is 76.6 Å². The van der Waals surface area contributed by atoms with Crippen LogP contribution in [0.5, 0.6) is 0 Å². The van der Waals surface area contributed by atoms with Gasteiger partial charge < -0.3 is 4.74 Å². The number of rotatable bonds is 5. The smallest absolute Gasteiger partial charge is 0.307 e. The molecule has 0 bridgehead atoms. The Kier molecular flexibility index (Phi) is 4.38. The van der Waals surface area contributed by atoms with E-state index < -0.39 is 17.8 Å². The molecule has 2 aromatic carbocycles. The lowest BCUT2D eigenvalue weighted by atomic mass is 10.1. The summed E-state index contributed by atoms with van der Waals surface area (Å²) in [4.78, 5) is 41.9. The monoisotopic (exact) mass is 360 g/mol. The van der Waals surface area contributed by atoms with Gasteiger partial charge in [-0.05, 0) is 24.3 Å². The second-order valence-corrected chi connectivity index (χ2v) is 6.22. The molecule has 0 N–H and O–H groups in total. The number of amides is 2. The number of pyridine rings is 1. The fourth-order valence-electron chi connectivity index (χ4n) is 3.04. The molecule has 3 aromatic rings. The molecule has 6 heteroatoms.